The molecule has 1 aromatic carbocycles. The Hall–Kier alpha value is 0.130. The normalized spacial score (nSPS) is 38.9. The van der Waals surface area contributed by atoms with Gasteiger partial charge in [0.05, 0.1) is 13.8 Å². The molecule has 2 nitrogen and oxygen atoms in total. The second-order valence-corrected chi connectivity index (χ2v) is 10.3. The molecule has 2 fully saturated rings. The van der Waals surface area contributed by atoms with Gasteiger partial charge in [-0.3, -0.25) is 4.79 Å². The molecule has 1 N–H and O–H groups in total. The van der Waals surface area contributed by atoms with Gasteiger partial charge in [0.1, 0.15) is 5.75 Å². The molecule has 3 aliphatic rings. The van der Waals surface area contributed by atoms with Gasteiger partial charge in [0.25, 0.3) is 0 Å². The summed E-state index contributed by atoms with van der Waals surface area (Å²) in [5.74, 6) is 2.29. The molecular weight excluding hydrogens is 488 g/mol. The predicted molar refractivity (Wildman–Crippen MR) is 101 cm³/mol. The fourth-order valence-corrected chi connectivity index (χ4v) is 7.66. The summed E-state index contributed by atoms with van der Waals surface area (Å²) in [6.45, 7) is 2.19. The second kappa shape index (κ2) is 5.57. The molecule has 4 rings (SSSR count). The number of phenols is 1. The number of Topliss-reactive ketones (excluding diaryl/α,β-unsaturated/α-hetero) is 1. The minimum Gasteiger partial charge on any atom is -0.506 e. The summed E-state index contributed by atoms with van der Waals surface area (Å²) in [5, 5.41) is 10.2. The summed E-state index contributed by atoms with van der Waals surface area (Å²) in [4.78, 5) is 12.7. The lowest BCUT2D eigenvalue weighted by molar-refractivity contribution is -0.128. The molecule has 5 heteroatoms. The summed E-state index contributed by atoms with van der Waals surface area (Å²) in [5.41, 5.74) is 2.48. The van der Waals surface area contributed by atoms with E-state index >= 15 is 0 Å². The first kappa shape index (κ1) is 16.6. The number of halogens is 3. The van der Waals surface area contributed by atoms with Crippen LogP contribution in [0.1, 0.15) is 49.7 Å². The monoisotopic (exact) mass is 504 g/mol. The van der Waals surface area contributed by atoms with Gasteiger partial charge in [-0.15, -0.1) is 0 Å². The fraction of sp³-hybridized carbons (Fsp3) is 0.611. The zero-order chi connectivity index (χ0) is 16.5. The highest BCUT2D eigenvalue weighted by Crippen LogP contribution is 2.61. The number of hydrogen-bond acceptors (Lipinski definition) is 2. The van der Waals surface area contributed by atoms with E-state index in [1.54, 1.807) is 0 Å². The third kappa shape index (κ3) is 2.25. The number of fused-ring (bicyclic) bond motifs is 5. The van der Waals surface area contributed by atoms with Gasteiger partial charge in [0, 0.05) is 5.41 Å². The quantitative estimate of drug-likeness (QED) is 0.457. The first-order chi connectivity index (χ1) is 10.8. The Morgan fingerprint density at radius 3 is 2.78 bits per heavy atom. The van der Waals surface area contributed by atoms with Crippen LogP contribution in [0, 0.1) is 17.3 Å². The van der Waals surface area contributed by atoms with E-state index in [0.29, 0.717) is 29.3 Å². The van der Waals surface area contributed by atoms with Crippen molar-refractivity contribution in [3.8, 4) is 5.75 Å². The molecule has 3 aliphatic carbocycles. The Bertz CT molecular complexity index is 702. The molecule has 0 aromatic heterocycles. The van der Waals surface area contributed by atoms with Gasteiger partial charge in [0.2, 0.25) is 0 Å². The number of phenolic OH excluding ortho intramolecular Hbond substituents is 1. The van der Waals surface area contributed by atoms with Crippen LogP contribution in [-0.4, -0.2) is 15.7 Å². The first-order valence-electron chi connectivity index (χ1n) is 8.22. The van der Waals surface area contributed by atoms with Gasteiger partial charge in [-0.1, -0.05) is 22.9 Å². The summed E-state index contributed by atoms with van der Waals surface area (Å²) in [6.07, 6.45) is 5.12. The fourth-order valence-electron chi connectivity index (χ4n) is 5.39. The zero-order valence-corrected chi connectivity index (χ0v) is 17.7. The molecule has 0 heterocycles. The summed E-state index contributed by atoms with van der Waals surface area (Å²) < 4.78 is 1.60. The lowest BCUT2D eigenvalue weighted by Crippen LogP contribution is -2.42. The van der Waals surface area contributed by atoms with Gasteiger partial charge in [0.15, 0.2) is 5.78 Å². The largest absolute Gasteiger partial charge is 0.506 e. The molecule has 124 valence electrons. The number of carbonyl (C=O) groups excluding carboxylic acids is 1. The molecule has 5 atom stereocenters. The lowest BCUT2D eigenvalue weighted by Gasteiger charge is -2.48. The average molecular weight is 507 g/mol. The van der Waals surface area contributed by atoms with Crippen LogP contribution >= 0.6 is 47.8 Å². The molecule has 0 radical (unpaired) electrons. The van der Waals surface area contributed by atoms with Crippen molar-refractivity contribution < 1.29 is 9.90 Å². The molecule has 0 saturated heterocycles. The summed E-state index contributed by atoms with van der Waals surface area (Å²) in [7, 11) is 0. The number of rotatable bonds is 0. The summed E-state index contributed by atoms with van der Waals surface area (Å²) in [6, 6.07) is 2.11. The van der Waals surface area contributed by atoms with Crippen molar-refractivity contribution in [2.75, 3.05) is 0 Å². The van der Waals surface area contributed by atoms with E-state index < -0.39 is 0 Å². The van der Waals surface area contributed by atoms with Crippen LogP contribution in [0.2, 0.25) is 0 Å². The van der Waals surface area contributed by atoms with Crippen molar-refractivity contribution in [1.82, 2.24) is 0 Å². The summed E-state index contributed by atoms with van der Waals surface area (Å²) >= 11 is 10.7. The lowest BCUT2D eigenvalue weighted by atomic mass is 9.55. The van der Waals surface area contributed by atoms with Gasteiger partial charge < -0.3 is 5.11 Å². The van der Waals surface area contributed by atoms with E-state index in [1.807, 2.05) is 0 Å². The van der Waals surface area contributed by atoms with Crippen molar-refractivity contribution in [2.45, 2.75) is 49.8 Å². The van der Waals surface area contributed by atoms with Crippen LogP contribution in [-0.2, 0) is 11.2 Å². The van der Waals surface area contributed by atoms with Crippen LogP contribution in [0.25, 0.3) is 0 Å². The highest BCUT2D eigenvalue weighted by atomic mass is 79.9. The van der Waals surface area contributed by atoms with E-state index in [4.69, 9.17) is 0 Å². The van der Waals surface area contributed by atoms with Gasteiger partial charge in [-0.05, 0) is 98.9 Å². The standard InChI is InChI=1S/C18H19Br3O2/c1-18-5-4-8-9(12(18)7-14(20)17(18)23)2-3-10-11(8)6-13(19)16(22)15(10)21/h6,8-9,12,14,22H,2-5,7H2,1H3/t8-,9-,12+,14-,18-/m0/s1. The Morgan fingerprint density at radius 1 is 1.30 bits per heavy atom. The molecule has 1 aromatic rings. The third-order valence-corrected chi connectivity index (χ3v) is 8.84. The first-order valence-corrected chi connectivity index (χ1v) is 10.7. The Labute approximate surface area is 161 Å². The van der Waals surface area contributed by atoms with E-state index in [0.717, 1.165) is 41.0 Å². The Morgan fingerprint density at radius 2 is 2.04 bits per heavy atom. The molecular formula is C18H19Br3O2. The van der Waals surface area contributed by atoms with E-state index in [9.17, 15) is 9.90 Å². The maximum absolute atomic E-state index is 12.6. The maximum atomic E-state index is 12.6. The minimum atomic E-state index is -0.141. The molecule has 0 bridgehead atoms. The maximum Gasteiger partial charge on any atom is 0.152 e. The van der Waals surface area contributed by atoms with Gasteiger partial charge >= 0.3 is 0 Å². The molecule has 2 saturated carbocycles. The van der Waals surface area contributed by atoms with Crippen LogP contribution in [0.15, 0.2) is 15.0 Å². The highest BCUT2D eigenvalue weighted by molar-refractivity contribution is 9.11. The number of alkyl halides is 1. The number of benzene rings is 1. The average Bonchev–Trinajstić information content (AvgIpc) is 2.76. The van der Waals surface area contributed by atoms with Crippen LogP contribution in [0.4, 0.5) is 0 Å². The molecule has 0 aliphatic heterocycles. The predicted octanol–water partition coefficient (Wildman–Crippen LogP) is 5.72. The van der Waals surface area contributed by atoms with E-state index in [-0.39, 0.29) is 10.2 Å². The molecule has 23 heavy (non-hydrogen) atoms. The molecule has 0 spiro atoms. The number of aromatic hydroxyl groups is 1. The van der Waals surface area contributed by atoms with Gasteiger partial charge in [-0.25, -0.2) is 0 Å². The van der Waals surface area contributed by atoms with Crippen molar-refractivity contribution in [3.05, 3.63) is 26.1 Å². The van der Waals surface area contributed by atoms with E-state index in [2.05, 4.69) is 60.8 Å². The number of ketones is 1. The number of carbonyl (C=O) groups is 1. The number of hydrogen-bond donors (Lipinski definition) is 1. The zero-order valence-electron chi connectivity index (χ0n) is 12.9. The minimum absolute atomic E-state index is 0.0379. The Balaban J connectivity index is 1.77. The highest BCUT2D eigenvalue weighted by Gasteiger charge is 2.57. The Kier molecular flexibility index (Phi) is 4.02. The topological polar surface area (TPSA) is 37.3 Å². The van der Waals surface area contributed by atoms with Crippen molar-refractivity contribution in [3.63, 3.8) is 0 Å². The van der Waals surface area contributed by atoms with Crippen LogP contribution in [0.5, 0.6) is 5.75 Å². The van der Waals surface area contributed by atoms with Crippen LogP contribution < -0.4 is 0 Å². The third-order valence-electron chi connectivity index (χ3n) is 6.59. The van der Waals surface area contributed by atoms with E-state index in [1.165, 1.54) is 11.1 Å². The van der Waals surface area contributed by atoms with Crippen molar-refractivity contribution in [2.24, 2.45) is 17.3 Å². The van der Waals surface area contributed by atoms with Crippen molar-refractivity contribution >= 4 is 53.6 Å². The SMILES string of the molecule is C[C@]12CC[C@@H]3c4cc(Br)c(O)c(Br)c4CC[C@@H]3[C@H]1C[C@H](Br)C2=O. The van der Waals surface area contributed by atoms with Crippen LogP contribution in [0.3, 0.4) is 0 Å². The molecule has 0 amide bonds. The van der Waals surface area contributed by atoms with Gasteiger partial charge in [-0.2, -0.15) is 0 Å². The smallest absolute Gasteiger partial charge is 0.152 e. The van der Waals surface area contributed by atoms with Crippen molar-refractivity contribution in [1.29, 1.82) is 0 Å². The molecule has 0 unspecified atom stereocenters. The second-order valence-electron chi connectivity index (χ2n) is 7.53.